The van der Waals surface area contributed by atoms with Crippen LogP contribution in [0.15, 0.2) is 0 Å². The lowest BCUT2D eigenvalue weighted by atomic mass is 9.91. The average Bonchev–Trinajstić information content (AvgIpc) is 2.92. The van der Waals surface area contributed by atoms with E-state index in [0.29, 0.717) is 38.9 Å². The number of nitrogens with zero attached hydrogens (tertiary/aromatic N) is 1. The number of carbonyl (C=O) groups is 3. The molecule has 7 nitrogen and oxygen atoms in total. The van der Waals surface area contributed by atoms with Gasteiger partial charge in [-0.05, 0) is 6.42 Å². The van der Waals surface area contributed by atoms with E-state index in [-0.39, 0.29) is 18.1 Å². The summed E-state index contributed by atoms with van der Waals surface area (Å²) >= 11 is 0. The number of esters is 1. The SMILES string of the molecule is CC(C)(C)C(=O)C(=O)OC1CCN(C(=O)[C@@H]2CC(O)CN2)CC1. The van der Waals surface area contributed by atoms with E-state index in [1.54, 1.807) is 25.7 Å². The van der Waals surface area contributed by atoms with Crippen LogP contribution in [-0.4, -0.2) is 65.6 Å². The van der Waals surface area contributed by atoms with Crippen LogP contribution in [0.5, 0.6) is 0 Å². The summed E-state index contributed by atoms with van der Waals surface area (Å²) < 4.78 is 5.27. The molecule has 2 fully saturated rings. The molecule has 2 heterocycles. The molecule has 0 radical (unpaired) electrons. The molecule has 0 aromatic rings. The Morgan fingerprint density at radius 3 is 2.26 bits per heavy atom. The summed E-state index contributed by atoms with van der Waals surface area (Å²) in [7, 11) is 0. The van der Waals surface area contributed by atoms with Gasteiger partial charge in [0.15, 0.2) is 0 Å². The number of hydrogen-bond donors (Lipinski definition) is 2. The van der Waals surface area contributed by atoms with Crippen molar-refractivity contribution in [1.82, 2.24) is 10.2 Å². The average molecular weight is 326 g/mol. The highest BCUT2D eigenvalue weighted by atomic mass is 16.5. The Labute approximate surface area is 136 Å². The fourth-order valence-electron chi connectivity index (χ4n) is 2.83. The van der Waals surface area contributed by atoms with E-state index in [1.807, 2.05) is 0 Å². The molecule has 2 saturated heterocycles. The van der Waals surface area contributed by atoms with Crippen molar-refractivity contribution in [2.24, 2.45) is 5.41 Å². The zero-order valence-corrected chi connectivity index (χ0v) is 14.0. The van der Waals surface area contributed by atoms with E-state index in [2.05, 4.69) is 5.32 Å². The number of aliphatic hydroxyl groups excluding tert-OH is 1. The Bertz CT molecular complexity index is 477. The van der Waals surface area contributed by atoms with E-state index in [4.69, 9.17) is 4.74 Å². The molecule has 0 aromatic carbocycles. The molecular weight excluding hydrogens is 300 g/mol. The number of aliphatic hydroxyl groups is 1. The Hall–Kier alpha value is -1.47. The van der Waals surface area contributed by atoms with Gasteiger partial charge in [0.2, 0.25) is 11.7 Å². The highest BCUT2D eigenvalue weighted by Crippen LogP contribution is 2.20. The number of hydrogen-bond acceptors (Lipinski definition) is 6. The number of piperidine rings is 1. The lowest BCUT2D eigenvalue weighted by Gasteiger charge is -2.33. The first-order valence-electron chi connectivity index (χ1n) is 8.14. The van der Waals surface area contributed by atoms with Crippen molar-refractivity contribution >= 4 is 17.7 Å². The van der Waals surface area contributed by atoms with Crippen molar-refractivity contribution in [3.8, 4) is 0 Å². The summed E-state index contributed by atoms with van der Waals surface area (Å²) in [5.74, 6) is -1.33. The smallest absolute Gasteiger partial charge is 0.375 e. The molecule has 23 heavy (non-hydrogen) atoms. The van der Waals surface area contributed by atoms with E-state index >= 15 is 0 Å². The summed E-state index contributed by atoms with van der Waals surface area (Å²) in [4.78, 5) is 37.7. The van der Waals surface area contributed by atoms with Crippen LogP contribution in [-0.2, 0) is 19.1 Å². The summed E-state index contributed by atoms with van der Waals surface area (Å²) in [6.45, 7) is 6.48. The number of Topliss-reactive ketones (excluding diaryl/α,β-unsaturated/α-hetero) is 1. The first kappa shape index (κ1) is 17.9. The molecule has 1 unspecified atom stereocenters. The molecule has 2 N–H and O–H groups in total. The fourth-order valence-corrected chi connectivity index (χ4v) is 2.83. The third kappa shape index (κ3) is 4.51. The van der Waals surface area contributed by atoms with Crippen LogP contribution in [0.4, 0.5) is 0 Å². The van der Waals surface area contributed by atoms with Crippen molar-refractivity contribution < 1.29 is 24.2 Å². The van der Waals surface area contributed by atoms with Gasteiger partial charge in [-0.2, -0.15) is 0 Å². The maximum Gasteiger partial charge on any atom is 0.375 e. The molecule has 2 rings (SSSR count). The molecule has 0 aromatic heterocycles. The molecule has 0 spiro atoms. The van der Waals surface area contributed by atoms with Gasteiger partial charge in [-0.1, -0.05) is 20.8 Å². The second-order valence-corrected chi connectivity index (χ2v) is 7.36. The molecule has 0 aliphatic carbocycles. The third-order valence-corrected chi connectivity index (χ3v) is 4.30. The normalized spacial score (nSPS) is 26.2. The monoisotopic (exact) mass is 326 g/mol. The number of ketones is 1. The van der Waals surface area contributed by atoms with Gasteiger partial charge in [-0.25, -0.2) is 4.79 Å². The molecule has 2 atom stereocenters. The summed E-state index contributed by atoms with van der Waals surface area (Å²) in [5, 5.41) is 12.5. The zero-order valence-electron chi connectivity index (χ0n) is 14.0. The second kappa shape index (κ2) is 6.97. The standard InChI is InChI=1S/C16H26N2O5/c1-16(2,3)13(20)15(22)23-11-4-6-18(7-5-11)14(21)12-8-10(19)9-17-12/h10-12,17,19H,4-9H2,1-3H3/t10?,12-/m0/s1. The minimum absolute atomic E-state index is 0.0166. The minimum Gasteiger partial charge on any atom is -0.456 e. The zero-order chi connectivity index (χ0) is 17.2. The number of amides is 1. The molecule has 7 heteroatoms. The largest absolute Gasteiger partial charge is 0.456 e. The third-order valence-electron chi connectivity index (χ3n) is 4.30. The first-order chi connectivity index (χ1) is 10.7. The number of ether oxygens (including phenoxy) is 1. The fraction of sp³-hybridized carbons (Fsp3) is 0.812. The van der Waals surface area contributed by atoms with Crippen LogP contribution in [0, 0.1) is 5.41 Å². The lowest BCUT2D eigenvalue weighted by molar-refractivity contribution is -0.163. The maximum absolute atomic E-state index is 12.3. The van der Waals surface area contributed by atoms with Gasteiger partial charge < -0.3 is 20.1 Å². The highest BCUT2D eigenvalue weighted by molar-refractivity contribution is 6.35. The van der Waals surface area contributed by atoms with Crippen molar-refractivity contribution in [2.75, 3.05) is 19.6 Å². The Morgan fingerprint density at radius 2 is 1.78 bits per heavy atom. The minimum atomic E-state index is -0.789. The quantitative estimate of drug-likeness (QED) is 0.553. The lowest BCUT2D eigenvalue weighted by Crippen LogP contribution is -2.48. The predicted octanol–water partition coefficient (Wildman–Crippen LogP) is -0.141. The van der Waals surface area contributed by atoms with Gasteiger partial charge in [-0.15, -0.1) is 0 Å². The second-order valence-electron chi connectivity index (χ2n) is 7.36. The molecule has 130 valence electrons. The van der Waals surface area contributed by atoms with E-state index in [9.17, 15) is 19.5 Å². The molecule has 2 aliphatic heterocycles. The van der Waals surface area contributed by atoms with Gasteiger partial charge in [-0.3, -0.25) is 9.59 Å². The topological polar surface area (TPSA) is 95.9 Å². The van der Waals surface area contributed by atoms with Crippen molar-refractivity contribution in [3.05, 3.63) is 0 Å². The van der Waals surface area contributed by atoms with E-state index in [0.717, 1.165) is 0 Å². The van der Waals surface area contributed by atoms with Crippen LogP contribution in [0.3, 0.4) is 0 Å². The van der Waals surface area contributed by atoms with Gasteiger partial charge in [0, 0.05) is 37.9 Å². The van der Waals surface area contributed by atoms with Crippen LogP contribution in [0.1, 0.15) is 40.0 Å². The molecule has 0 bridgehead atoms. The van der Waals surface area contributed by atoms with Gasteiger partial charge in [0.25, 0.3) is 0 Å². The molecule has 2 aliphatic rings. The van der Waals surface area contributed by atoms with Crippen molar-refractivity contribution in [3.63, 3.8) is 0 Å². The number of likely N-dealkylation sites (tertiary alicyclic amines) is 1. The van der Waals surface area contributed by atoms with E-state index in [1.165, 1.54) is 0 Å². The number of rotatable bonds is 3. The van der Waals surface area contributed by atoms with Crippen molar-refractivity contribution in [1.29, 1.82) is 0 Å². The van der Waals surface area contributed by atoms with Crippen molar-refractivity contribution in [2.45, 2.75) is 58.3 Å². The summed E-state index contributed by atoms with van der Waals surface area (Å²) in [6.07, 6.45) is 0.716. The Kier molecular flexibility index (Phi) is 5.41. The van der Waals surface area contributed by atoms with Gasteiger partial charge >= 0.3 is 5.97 Å². The summed E-state index contributed by atoms with van der Waals surface area (Å²) in [6, 6.07) is -0.327. The number of β-amino-alcohol motifs (C(OH)–C–C–N with tert-alkyl or cyclic N) is 1. The van der Waals surface area contributed by atoms with Crippen LogP contribution in [0.25, 0.3) is 0 Å². The van der Waals surface area contributed by atoms with Gasteiger partial charge in [0.05, 0.1) is 12.1 Å². The number of carbonyl (C=O) groups excluding carboxylic acids is 3. The summed E-state index contributed by atoms with van der Waals surface area (Å²) in [5.41, 5.74) is -0.747. The van der Waals surface area contributed by atoms with E-state index < -0.39 is 23.3 Å². The molecular formula is C16H26N2O5. The van der Waals surface area contributed by atoms with Crippen LogP contribution < -0.4 is 5.32 Å². The Morgan fingerprint density at radius 1 is 1.17 bits per heavy atom. The highest BCUT2D eigenvalue weighted by Gasteiger charge is 2.35. The Balaban J connectivity index is 1.79. The van der Waals surface area contributed by atoms with Crippen LogP contribution >= 0.6 is 0 Å². The first-order valence-corrected chi connectivity index (χ1v) is 8.14. The molecule has 1 amide bonds. The van der Waals surface area contributed by atoms with Gasteiger partial charge in [0.1, 0.15) is 6.10 Å². The number of nitrogens with one attached hydrogen (secondary N) is 1. The van der Waals surface area contributed by atoms with Crippen LogP contribution in [0.2, 0.25) is 0 Å². The molecule has 0 saturated carbocycles. The maximum atomic E-state index is 12.3. The predicted molar refractivity (Wildman–Crippen MR) is 82.6 cm³/mol.